The lowest BCUT2D eigenvalue weighted by molar-refractivity contribution is -0.120. The number of rotatable bonds is 6. The number of nitrogens with zero attached hydrogens (tertiary/aromatic N) is 5. The molecule has 0 aliphatic carbocycles. The van der Waals surface area contributed by atoms with Gasteiger partial charge in [0.25, 0.3) is 0 Å². The quantitative estimate of drug-likeness (QED) is 0.637. The number of aromatic nitrogens is 1. The molecular formula is C24H30N6O4S. The molecule has 1 atom stereocenters. The standard InChI is InChI=1S/C24H30N6O4S/c1-19(28-9-4-10-29(12-11-28)23-20(18-25)5-3-8-26-23)24(31)27-21-6-2-7-22(17-21)35(32,33)30-13-15-34-16-14-30/h2-3,5-8,17,19H,4,9-16H2,1H3,(H,27,31). The molecule has 1 amide bonds. The van der Waals surface area contributed by atoms with Crippen LogP contribution in [0.3, 0.4) is 0 Å². The van der Waals surface area contributed by atoms with Crippen molar-refractivity contribution in [3.63, 3.8) is 0 Å². The van der Waals surface area contributed by atoms with Gasteiger partial charge in [-0.2, -0.15) is 9.57 Å². The highest BCUT2D eigenvalue weighted by atomic mass is 32.2. The van der Waals surface area contributed by atoms with Crippen LogP contribution in [0.15, 0.2) is 47.5 Å². The maximum absolute atomic E-state index is 13.0. The summed E-state index contributed by atoms with van der Waals surface area (Å²) in [4.78, 5) is 21.8. The summed E-state index contributed by atoms with van der Waals surface area (Å²) in [6, 6.07) is 11.7. The minimum absolute atomic E-state index is 0.152. The number of morpholine rings is 1. The van der Waals surface area contributed by atoms with Gasteiger partial charge < -0.3 is 15.0 Å². The van der Waals surface area contributed by atoms with E-state index in [9.17, 15) is 18.5 Å². The van der Waals surface area contributed by atoms with Gasteiger partial charge in [0.2, 0.25) is 15.9 Å². The molecule has 0 radical (unpaired) electrons. The summed E-state index contributed by atoms with van der Waals surface area (Å²) < 4.78 is 32.6. The van der Waals surface area contributed by atoms with Gasteiger partial charge in [0.05, 0.1) is 29.7 Å². The molecule has 4 rings (SSSR count). The van der Waals surface area contributed by atoms with E-state index in [1.54, 1.807) is 36.5 Å². The van der Waals surface area contributed by atoms with E-state index in [2.05, 4.69) is 26.2 Å². The highest BCUT2D eigenvalue weighted by molar-refractivity contribution is 7.89. The lowest BCUT2D eigenvalue weighted by Crippen LogP contribution is -2.44. The molecule has 2 aliphatic rings. The number of hydrogen-bond acceptors (Lipinski definition) is 8. The minimum Gasteiger partial charge on any atom is -0.379 e. The van der Waals surface area contributed by atoms with E-state index in [4.69, 9.17) is 4.74 Å². The highest BCUT2D eigenvalue weighted by Gasteiger charge is 2.28. The van der Waals surface area contributed by atoms with Gasteiger partial charge in [0.1, 0.15) is 11.9 Å². The maximum atomic E-state index is 13.0. The fourth-order valence-electron chi connectivity index (χ4n) is 4.36. The molecule has 1 N–H and O–H groups in total. The molecule has 2 fully saturated rings. The van der Waals surface area contributed by atoms with E-state index in [0.29, 0.717) is 56.5 Å². The van der Waals surface area contributed by atoms with E-state index < -0.39 is 16.1 Å². The molecule has 0 bridgehead atoms. The van der Waals surface area contributed by atoms with Crippen LogP contribution in [0.4, 0.5) is 11.5 Å². The molecule has 35 heavy (non-hydrogen) atoms. The van der Waals surface area contributed by atoms with Crippen molar-refractivity contribution in [2.24, 2.45) is 0 Å². The van der Waals surface area contributed by atoms with Gasteiger partial charge in [0.15, 0.2) is 0 Å². The summed E-state index contributed by atoms with van der Waals surface area (Å²) in [6.45, 7) is 5.99. The van der Waals surface area contributed by atoms with Crippen LogP contribution in [0.1, 0.15) is 18.9 Å². The second-order valence-electron chi connectivity index (χ2n) is 8.57. The fraction of sp³-hybridized carbons (Fsp3) is 0.458. The van der Waals surface area contributed by atoms with Crippen LogP contribution in [-0.4, -0.2) is 87.0 Å². The van der Waals surface area contributed by atoms with Crippen LogP contribution >= 0.6 is 0 Å². The Kier molecular flexibility index (Phi) is 7.97. The Balaban J connectivity index is 1.40. The molecule has 0 saturated carbocycles. The first-order valence-corrected chi connectivity index (χ1v) is 13.2. The van der Waals surface area contributed by atoms with Gasteiger partial charge in [-0.25, -0.2) is 13.4 Å². The zero-order chi connectivity index (χ0) is 24.8. The van der Waals surface area contributed by atoms with Gasteiger partial charge in [0, 0.05) is 51.2 Å². The maximum Gasteiger partial charge on any atom is 0.243 e. The van der Waals surface area contributed by atoms with Crippen LogP contribution in [0.25, 0.3) is 0 Å². The van der Waals surface area contributed by atoms with Gasteiger partial charge in [-0.15, -0.1) is 0 Å². The topological polar surface area (TPSA) is 119 Å². The van der Waals surface area contributed by atoms with Crippen LogP contribution in [0.5, 0.6) is 0 Å². The molecule has 1 unspecified atom stereocenters. The van der Waals surface area contributed by atoms with Crippen LogP contribution in [0, 0.1) is 11.3 Å². The molecule has 2 aliphatic heterocycles. The van der Waals surface area contributed by atoms with E-state index in [1.807, 2.05) is 6.92 Å². The fourth-order valence-corrected chi connectivity index (χ4v) is 5.81. The van der Waals surface area contributed by atoms with Crippen molar-refractivity contribution in [3.8, 4) is 6.07 Å². The van der Waals surface area contributed by atoms with E-state index >= 15 is 0 Å². The smallest absolute Gasteiger partial charge is 0.243 e. The van der Waals surface area contributed by atoms with E-state index in [0.717, 1.165) is 19.5 Å². The Morgan fingerprint density at radius 2 is 1.91 bits per heavy atom. The molecule has 3 heterocycles. The molecule has 186 valence electrons. The number of benzene rings is 1. The van der Waals surface area contributed by atoms with Crippen molar-refractivity contribution in [3.05, 3.63) is 48.2 Å². The predicted octanol–water partition coefficient (Wildman–Crippen LogP) is 1.51. The summed E-state index contributed by atoms with van der Waals surface area (Å²) in [5.41, 5.74) is 0.985. The Morgan fingerprint density at radius 3 is 2.69 bits per heavy atom. The number of amides is 1. The lowest BCUT2D eigenvalue weighted by atomic mass is 10.2. The molecule has 11 heteroatoms. The van der Waals surface area contributed by atoms with E-state index in [1.165, 1.54) is 10.4 Å². The Morgan fingerprint density at radius 1 is 1.11 bits per heavy atom. The summed E-state index contributed by atoms with van der Waals surface area (Å²) in [5.74, 6) is 0.474. The number of ether oxygens (including phenoxy) is 1. The van der Waals surface area contributed by atoms with Gasteiger partial charge >= 0.3 is 0 Å². The highest BCUT2D eigenvalue weighted by Crippen LogP contribution is 2.22. The number of nitriles is 1. The van der Waals surface area contributed by atoms with Crippen molar-refractivity contribution in [1.29, 1.82) is 5.26 Å². The number of anilines is 2. The first-order chi connectivity index (χ1) is 16.9. The summed E-state index contributed by atoms with van der Waals surface area (Å²) in [7, 11) is -3.65. The third-order valence-electron chi connectivity index (χ3n) is 6.37. The average Bonchev–Trinajstić information content (AvgIpc) is 3.15. The first kappa shape index (κ1) is 25.1. The Hall–Kier alpha value is -3.04. The molecule has 1 aromatic carbocycles. The normalized spacial score (nSPS) is 18.9. The summed E-state index contributed by atoms with van der Waals surface area (Å²) in [6.07, 6.45) is 2.51. The SMILES string of the molecule is CC(C(=O)Nc1cccc(S(=O)(=O)N2CCOCC2)c1)N1CCCN(c2ncccc2C#N)CC1. The van der Waals surface area contributed by atoms with Gasteiger partial charge in [-0.05, 0) is 43.7 Å². The van der Waals surface area contributed by atoms with Crippen LogP contribution in [-0.2, 0) is 19.6 Å². The van der Waals surface area contributed by atoms with Crippen LogP contribution in [0.2, 0.25) is 0 Å². The monoisotopic (exact) mass is 498 g/mol. The van der Waals surface area contributed by atoms with Crippen LogP contribution < -0.4 is 10.2 Å². The largest absolute Gasteiger partial charge is 0.379 e. The third-order valence-corrected chi connectivity index (χ3v) is 8.27. The zero-order valence-corrected chi connectivity index (χ0v) is 20.6. The number of hydrogen-bond donors (Lipinski definition) is 1. The van der Waals surface area contributed by atoms with Crippen molar-refractivity contribution < 1.29 is 17.9 Å². The van der Waals surface area contributed by atoms with Crippen molar-refractivity contribution in [2.75, 3.05) is 62.7 Å². The molecule has 1 aromatic heterocycles. The van der Waals surface area contributed by atoms with E-state index in [-0.39, 0.29) is 10.8 Å². The molecule has 0 spiro atoms. The van der Waals surface area contributed by atoms with Crippen molar-refractivity contribution >= 4 is 27.4 Å². The summed E-state index contributed by atoms with van der Waals surface area (Å²) >= 11 is 0. The predicted molar refractivity (Wildman–Crippen MR) is 131 cm³/mol. The molecular weight excluding hydrogens is 468 g/mol. The first-order valence-electron chi connectivity index (χ1n) is 11.7. The number of sulfonamides is 1. The van der Waals surface area contributed by atoms with Crippen molar-refractivity contribution in [2.45, 2.75) is 24.3 Å². The second-order valence-corrected chi connectivity index (χ2v) is 10.5. The molecule has 2 aromatic rings. The number of carbonyl (C=O) groups is 1. The third kappa shape index (κ3) is 5.79. The minimum atomic E-state index is -3.65. The Bertz CT molecular complexity index is 1190. The molecule has 10 nitrogen and oxygen atoms in total. The number of nitrogens with one attached hydrogen (secondary N) is 1. The average molecular weight is 499 g/mol. The zero-order valence-electron chi connectivity index (χ0n) is 19.8. The lowest BCUT2D eigenvalue weighted by Gasteiger charge is -2.27. The summed E-state index contributed by atoms with van der Waals surface area (Å²) in [5, 5.41) is 12.3. The number of pyridine rings is 1. The second kappa shape index (κ2) is 11.1. The molecule has 2 saturated heterocycles. The van der Waals surface area contributed by atoms with Gasteiger partial charge in [-0.3, -0.25) is 9.69 Å². The van der Waals surface area contributed by atoms with Gasteiger partial charge in [-0.1, -0.05) is 6.07 Å². The number of carbonyl (C=O) groups excluding carboxylic acids is 1. The van der Waals surface area contributed by atoms with Crippen molar-refractivity contribution in [1.82, 2.24) is 14.2 Å². The Labute approximate surface area is 206 Å².